The molecule has 1 amide bonds. The van der Waals surface area contributed by atoms with Crippen molar-refractivity contribution in [3.05, 3.63) is 64.2 Å². The molecule has 0 spiro atoms. The molecular weight excluding hydrogens is 412 g/mol. The number of nitro benzene ring substituents is 1. The number of nitro groups is 1. The van der Waals surface area contributed by atoms with E-state index in [0.29, 0.717) is 12.8 Å². The summed E-state index contributed by atoms with van der Waals surface area (Å²) in [5.41, 5.74) is -0.353. The molecule has 0 atom stereocenters. The van der Waals surface area contributed by atoms with E-state index in [2.05, 4.69) is 0 Å². The van der Waals surface area contributed by atoms with Crippen LogP contribution in [0.15, 0.2) is 53.4 Å². The summed E-state index contributed by atoms with van der Waals surface area (Å²) in [4.78, 5) is 22.5. The number of amides is 1. The highest BCUT2D eigenvalue weighted by molar-refractivity contribution is 7.90. The molecule has 0 aliphatic heterocycles. The van der Waals surface area contributed by atoms with Gasteiger partial charge in [-0.25, -0.2) is 13.1 Å². The monoisotopic (exact) mass is 434 g/mol. The number of carbonyl (C=O) groups is 1. The Balaban J connectivity index is 1.75. The highest BCUT2D eigenvalue weighted by atomic mass is 32.2. The van der Waals surface area contributed by atoms with Gasteiger partial charge in [0.15, 0.2) is 5.75 Å². The topological polar surface area (TPSA) is 136 Å². The maximum Gasteiger partial charge on any atom is 0.312 e. The van der Waals surface area contributed by atoms with E-state index in [4.69, 9.17) is 4.74 Å². The Morgan fingerprint density at radius 3 is 2.43 bits per heavy atom. The summed E-state index contributed by atoms with van der Waals surface area (Å²) >= 11 is 0. The molecule has 2 aromatic carbocycles. The smallest absolute Gasteiger partial charge is 0.312 e. The molecule has 0 bridgehead atoms. The molecule has 10 heteroatoms. The van der Waals surface area contributed by atoms with Crippen LogP contribution in [0.25, 0.3) is 0 Å². The molecule has 160 valence electrons. The lowest BCUT2D eigenvalue weighted by Crippen LogP contribution is -2.30. The third-order valence-corrected chi connectivity index (χ3v) is 6.32. The van der Waals surface area contributed by atoms with Crippen molar-refractivity contribution in [3.63, 3.8) is 0 Å². The standard InChI is InChI=1S/C20H22N2O7S/c23-16-8-6-14(7-9-16)13-29-19-11-10-17(12-18(19)22(25)26)30(27,28)21-20(24)15-4-2-1-3-5-15/h1-5,10-12,14,16,23H,6-9,13H2,(H,21,24)/t14-,16-. The minimum atomic E-state index is -4.31. The number of aliphatic hydroxyl groups excluding tert-OH is 1. The molecule has 1 aliphatic carbocycles. The molecular formula is C20H22N2O7S. The Morgan fingerprint density at radius 1 is 1.13 bits per heavy atom. The van der Waals surface area contributed by atoms with Crippen LogP contribution in [0.2, 0.25) is 0 Å². The Kier molecular flexibility index (Phi) is 6.68. The lowest BCUT2D eigenvalue weighted by molar-refractivity contribution is -0.386. The number of hydrogen-bond donors (Lipinski definition) is 2. The van der Waals surface area contributed by atoms with Gasteiger partial charge in [0.2, 0.25) is 0 Å². The second-order valence-corrected chi connectivity index (χ2v) is 8.86. The number of nitrogens with zero attached hydrogens (tertiary/aromatic N) is 1. The number of benzene rings is 2. The molecule has 9 nitrogen and oxygen atoms in total. The largest absolute Gasteiger partial charge is 0.487 e. The van der Waals surface area contributed by atoms with Crippen LogP contribution < -0.4 is 9.46 Å². The third-order valence-electron chi connectivity index (χ3n) is 4.99. The number of sulfonamides is 1. The molecule has 1 aliphatic rings. The average Bonchev–Trinajstić information content (AvgIpc) is 2.73. The molecule has 2 aromatic rings. The summed E-state index contributed by atoms with van der Waals surface area (Å²) in [5.74, 6) is -0.709. The van der Waals surface area contributed by atoms with Gasteiger partial charge in [-0.15, -0.1) is 0 Å². The van der Waals surface area contributed by atoms with E-state index in [1.54, 1.807) is 18.2 Å². The molecule has 0 aromatic heterocycles. The second-order valence-electron chi connectivity index (χ2n) is 7.17. The van der Waals surface area contributed by atoms with E-state index < -0.39 is 31.4 Å². The van der Waals surface area contributed by atoms with Crippen molar-refractivity contribution >= 4 is 21.6 Å². The van der Waals surface area contributed by atoms with Gasteiger partial charge < -0.3 is 9.84 Å². The van der Waals surface area contributed by atoms with E-state index in [0.717, 1.165) is 25.0 Å². The molecule has 1 saturated carbocycles. The Labute approximate surface area is 173 Å². The van der Waals surface area contributed by atoms with E-state index >= 15 is 0 Å². The third kappa shape index (κ3) is 5.33. The summed E-state index contributed by atoms with van der Waals surface area (Å²) in [7, 11) is -4.31. The van der Waals surface area contributed by atoms with Crippen LogP contribution >= 0.6 is 0 Å². The summed E-state index contributed by atoms with van der Waals surface area (Å²) in [6.07, 6.45) is 2.52. The van der Waals surface area contributed by atoms with Crippen molar-refractivity contribution in [3.8, 4) is 5.75 Å². The molecule has 0 saturated heterocycles. The van der Waals surface area contributed by atoms with Crippen molar-refractivity contribution < 1.29 is 28.0 Å². The highest BCUT2D eigenvalue weighted by Gasteiger charge is 2.26. The summed E-state index contributed by atoms with van der Waals surface area (Å²) in [5, 5.41) is 21.0. The van der Waals surface area contributed by atoms with Crippen molar-refractivity contribution in [2.24, 2.45) is 5.92 Å². The first-order valence-electron chi connectivity index (χ1n) is 9.48. The lowest BCUT2D eigenvalue weighted by atomic mass is 9.88. The van der Waals surface area contributed by atoms with Crippen LogP contribution in [0.1, 0.15) is 36.0 Å². The van der Waals surface area contributed by atoms with E-state index in [1.807, 2.05) is 4.72 Å². The van der Waals surface area contributed by atoms with Crippen LogP contribution in [0.3, 0.4) is 0 Å². The summed E-state index contributed by atoms with van der Waals surface area (Å²) in [6, 6.07) is 11.0. The molecule has 3 rings (SSSR count). The van der Waals surface area contributed by atoms with Crippen LogP contribution in [0.4, 0.5) is 5.69 Å². The number of ether oxygens (including phenoxy) is 1. The van der Waals surface area contributed by atoms with E-state index in [-0.39, 0.29) is 29.9 Å². The normalized spacial score (nSPS) is 19.1. The number of aliphatic hydroxyl groups is 1. The number of carbonyl (C=O) groups excluding carboxylic acids is 1. The van der Waals surface area contributed by atoms with Gasteiger partial charge in [-0.05, 0) is 55.9 Å². The van der Waals surface area contributed by atoms with Gasteiger partial charge in [-0.2, -0.15) is 0 Å². The summed E-state index contributed by atoms with van der Waals surface area (Å²) in [6.45, 7) is 0.240. The maximum atomic E-state index is 12.5. The number of hydrogen-bond acceptors (Lipinski definition) is 7. The van der Waals surface area contributed by atoms with Gasteiger partial charge in [-0.1, -0.05) is 18.2 Å². The highest BCUT2D eigenvalue weighted by Crippen LogP contribution is 2.32. The fourth-order valence-corrected chi connectivity index (χ4v) is 4.27. The Bertz CT molecular complexity index is 1020. The van der Waals surface area contributed by atoms with Crippen molar-refractivity contribution in [1.29, 1.82) is 0 Å². The molecule has 0 heterocycles. The van der Waals surface area contributed by atoms with Crippen molar-refractivity contribution in [2.45, 2.75) is 36.7 Å². The summed E-state index contributed by atoms with van der Waals surface area (Å²) < 4.78 is 32.5. The fraction of sp³-hybridized carbons (Fsp3) is 0.350. The minimum Gasteiger partial charge on any atom is -0.487 e. The zero-order valence-electron chi connectivity index (χ0n) is 16.1. The Hall–Kier alpha value is -2.98. The van der Waals surface area contributed by atoms with Gasteiger partial charge in [0.1, 0.15) is 0 Å². The van der Waals surface area contributed by atoms with Gasteiger partial charge >= 0.3 is 5.69 Å². The first-order valence-corrected chi connectivity index (χ1v) is 11.0. The first-order chi connectivity index (χ1) is 14.3. The molecule has 2 N–H and O–H groups in total. The van der Waals surface area contributed by atoms with Gasteiger partial charge in [-0.3, -0.25) is 14.9 Å². The maximum absolute atomic E-state index is 12.5. The molecule has 30 heavy (non-hydrogen) atoms. The first kappa shape index (κ1) is 21.7. The van der Waals surface area contributed by atoms with Crippen LogP contribution in [0.5, 0.6) is 5.75 Å². The average molecular weight is 434 g/mol. The van der Waals surface area contributed by atoms with Crippen molar-refractivity contribution in [1.82, 2.24) is 4.72 Å². The van der Waals surface area contributed by atoms with E-state index in [9.17, 15) is 28.4 Å². The van der Waals surface area contributed by atoms with E-state index in [1.165, 1.54) is 18.2 Å². The molecule has 1 fully saturated rings. The number of rotatable bonds is 7. The minimum absolute atomic E-state index is 0.0422. The van der Waals surface area contributed by atoms with Crippen molar-refractivity contribution in [2.75, 3.05) is 6.61 Å². The molecule has 0 radical (unpaired) electrons. The zero-order chi connectivity index (χ0) is 21.7. The fourth-order valence-electron chi connectivity index (χ4n) is 3.28. The lowest BCUT2D eigenvalue weighted by Gasteiger charge is -2.25. The van der Waals surface area contributed by atoms with Crippen LogP contribution in [-0.2, 0) is 10.0 Å². The van der Waals surface area contributed by atoms with Gasteiger partial charge in [0, 0.05) is 11.6 Å². The predicted octanol–water partition coefficient (Wildman–Crippen LogP) is 2.64. The SMILES string of the molecule is O=C(NS(=O)(=O)c1ccc(OC[C@H]2CC[C@H](O)CC2)c([N+](=O)[O-])c1)c1ccccc1. The van der Waals surface area contributed by atoms with Crippen LogP contribution in [-0.4, -0.2) is 37.1 Å². The predicted molar refractivity (Wildman–Crippen MR) is 108 cm³/mol. The second kappa shape index (κ2) is 9.23. The number of nitrogens with one attached hydrogen (secondary N) is 1. The van der Waals surface area contributed by atoms with Crippen LogP contribution in [0, 0.1) is 16.0 Å². The zero-order valence-corrected chi connectivity index (χ0v) is 16.9. The Morgan fingerprint density at radius 2 is 1.80 bits per heavy atom. The molecule has 0 unspecified atom stereocenters. The quantitative estimate of drug-likeness (QED) is 0.505. The van der Waals surface area contributed by atoms with Gasteiger partial charge in [0.25, 0.3) is 15.9 Å². The van der Waals surface area contributed by atoms with Gasteiger partial charge in [0.05, 0.1) is 22.5 Å².